The summed E-state index contributed by atoms with van der Waals surface area (Å²) in [5.41, 5.74) is 3.12. The fourth-order valence-corrected chi connectivity index (χ4v) is 4.79. The van der Waals surface area contributed by atoms with Gasteiger partial charge < -0.3 is 9.72 Å². The van der Waals surface area contributed by atoms with Gasteiger partial charge >= 0.3 is 0 Å². The van der Waals surface area contributed by atoms with Crippen molar-refractivity contribution in [3.8, 4) is 0 Å². The maximum Gasteiger partial charge on any atom is 0.120 e. The van der Waals surface area contributed by atoms with Gasteiger partial charge in [0.25, 0.3) is 0 Å². The number of aromatic amines is 1. The molecule has 2 heterocycles. The van der Waals surface area contributed by atoms with Crippen molar-refractivity contribution >= 4 is 0 Å². The number of H-pyrrole nitrogens is 1. The molecule has 1 aliphatic heterocycles. The van der Waals surface area contributed by atoms with Crippen molar-refractivity contribution in [2.75, 3.05) is 39.9 Å². The standard InChI is InChI=1S/C22H32N4O/c1-27-12-11-25(17-22-23-8-9-24-22)15-18-5-4-10-26(16-18)21-13-19-6-2-3-7-20(19)14-21/h2-3,6-9,18,21H,4-5,10-17H2,1H3,(H,23,24)/t18-/m1/s1. The van der Waals surface area contributed by atoms with Crippen LogP contribution in [0.15, 0.2) is 36.7 Å². The predicted octanol–water partition coefficient (Wildman–Crippen LogP) is 2.74. The highest BCUT2D eigenvalue weighted by atomic mass is 16.5. The molecule has 2 aliphatic rings. The van der Waals surface area contributed by atoms with Gasteiger partial charge in [0, 0.05) is 45.2 Å². The number of benzene rings is 1. The Morgan fingerprint density at radius 3 is 2.78 bits per heavy atom. The first-order valence-corrected chi connectivity index (χ1v) is 10.3. The van der Waals surface area contributed by atoms with Crippen LogP contribution in [0.25, 0.3) is 0 Å². The van der Waals surface area contributed by atoms with Gasteiger partial charge in [0.2, 0.25) is 0 Å². The van der Waals surface area contributed by atoms with Crippen molar-refractivity contribution in [2.45, 2.75) is 38.3 Å². The molecule has 0 spiro atoms. The largest absolute Gasteiger partial charge is 0.383 e. The van der Waals surface area contributed by atoms with Gasteiger partial charge in [0.05, 0.1) is 13.2 Å². The number of nitrogens with one attached hydrogen (secondary N) is 1. The number of piperidine rings is 1. The average molecular weight is 369 g/mol. The fraction of sp³-hybridized carbons (Fsp3) is 0.591. The molecule has 5 nitrogen and oxygen atoms in total. The highest BCUT2D eigenvalue weighted by Crippen LogP contribution is 2.29. The number of hydrogen-bond acceptors (Lipinski definition) is 4. The molecule has 146 valence electrons. The molecule has 0 radical (unpaired) electrons. The van der Waals surface area contributed by atoms with Gasteiger partial charge in [-0.05, 0) is 49.3 Å². The van der Waals surface area contributed by atoms with E-state index in [0.29, 0.717) is 6.04 Å². The van der Waals surface area contributed by atoms with Crippen LogP contribution in [0.3, 0.4) is 0 Å². The molecule has 27 heavy (non-hydrogen) atoms. The molecule has 1 saturated heterocycles. The number of likely N-dealkylation sites (tertiary alicyclic amines) is 1. The maximum absolute atomic E-state index is 5.34. The third-order valence-electron chi connectivity index (χ3n) is 6.15. The van der Waals surface area contributed by atoms with E-state index < -0.39 is 0 Å². The second-order valence-corrected chi connectivity index (χ2v) is 8.10. The molecule has 0 amide bonds. The SMILES string of the molecule is COCCN(Cc1ncc[nH]1)C[C@H]1CCCN(C2Cc3ccccc3C2)C1. The first-order chi connectivity index (χ1) is 13.3. The van der Waals surface area contributed by atoms with E-state index in [1.54, 1.807) is 18.2 Å². The number of fused-ring (bicyclic) bond motifs is 1. The highest BCUT2D eigenvalue weighted by molar-refractivity contribution is 5.33. The molecule has 1 fully saturated rings. The van der Waals surface area contributed by atoms with E-state index in [4.69, 9.17) is 4.74 Å². The molecule has 1 aromatic carbocycles. The first-order valence-electron chi connectivity index (χ1n) is 10.3. The Kier molecular flexibility index (Phi) is 6.22. The summed E-state index contributed by atoms with van der Waals surface area (Å²) in [5.74, 6) is 1.78. The van der Waals surface area contributed by atoms with E-state index in [9.17, 15) is 0 Å². The van der Waals surface area contributed by atoms with Crippen LogP contribution in [-0.2, 0) is 24.1 Å². The summed E-state index contributed by atoms with van der Waals surface area (Å²) in [7, 11) is 1.78. The maximum atomic E-state index is 5.34. The smallest absolute Gasteiger partial charge is 0.120 e. The molecule has 4 rings (SSSR count). The molecular formula is C22H32N4O. The zero-order chi connectivity index (χ0) is 18.5. The summed E-state index contributed by atoms with van der Waals surface area (Å²) in [6.45, 7) is 6.21. The van der Waals surface area contributed by atoms with Gasteiger partial charge in [0.1, 0.15) is 5.82 Å². The van der Waals surface area contributed by atoms with E-state index in [0.717, 1.165) is 38.0 Å². The van der Waals surface area contributed by atoms with Gasteiger partial charge in [-0.25, -0.2) is 4.98 Å². The predicted molar refractivity (Wildman–Crippen MR) is 108 cm³/mol. The van der Waals surface area contributed by atoms with Crippen LogP contribution in [0.2, 0.25) is 0 Å². The Balaban J connectivity index is 1.34. The molecule has 5 heteroatoms. The van der Waals surface area contributed by atoms with Gasteiger partial charge in [-0.15, -0.1) is 0 Å². The number of hydrogen-bond donors (Lipinski definition) is 1. The Morgan fingerprint density at radius 2 is 2.07 bits per heavy atom. The molecule has 2 aromatic rings. The van der Waals surface area contributed by atoms with E-state index in [2.05, 4.69) is 44.0 Å². The van der Waals surface area contributed by atoms with E-state index >= 15 is 0 Å². The summed E-state index contributed by atoms with van der Waals surface area (Å²) in [6, 6.07) is 9.69. The van der Waals surface area contributed by atoms with Crippen LogP contribution in [-0.4, -0.2) is 65.7 Å². The summed E-state index contributed by atoms with van der Waals surface area (Å²) >= 11 is 0. The van der Waals surface area contributed by atoms with Crippen molar-refractivity contribution in [3.63, 3.8) is 0 Å². The summed E-state index contributed by atoms with van der Waals surface area (Å²) in [4.78, 5) is 12.9. The van der Waals surface area contributed by atoms with E-state index in [1.807, 2.05) is 12.4 Å². The zero-order valence-electron chi connectivity index (χ0n) is 16.4. The quantitative estimate of drug-likeness (QED) is 0.778. The lowest BCUT2D eigenvalue weighted by atomic mass is 9.95. The Morgan fingerprint density at radius 1 is 1.26 bits per heavy atom. The third-order valence-corrected chi connectivity index (χ3v) is 6.15. The van der Waals surface area contributed by atoms with Crippen LogP contribution in [0.4, 0.5) is 0 Å². The van der Waals surface area contributed by atoms with Crippen molar-refractivity contribution in [2.24, 2.45) is 5.92 Å². The minimum Gasteiger partial charge on any atom is -0.383 e. The summed E-state index contributed by atoms with van der Waals surface area (Å²) in [5, 5.41) is 0. The van der Waals surface area contributed by atoms with Crippen LogP contribution in [0.1, 0.15) is 29.8 Å². The number of aromatic nitrogens is 2. The van der Waals surface area contributed by atoms with Crippen molar-refractivity contribution < 1.29 is 4.74 Å². The van der Waals surface area contributed by atoms with Gasteiger partial charge in [-0.3, -0.25) is 9.80 Å². The van der Waals surface area contributed by atoms with Crippen molar-refractivity contribution in [1.82, 2.24) is 19.8 Å². The topological polar surface area (TPSA) is 44.4 Å². The normalized spacial score (nSPS) is 21.0. The first kappa shape index (κ1) is 18.7. The average Bonchev–Trinajstić information content (AvgIpc) is 3.35. The number of imidazole rings is 1. The number of methoxy groups -OCH3 is 1. The summed E-state index contributed by atoms with van der Waals surface area (Å²) in [6.07, 6.45) is 8.84. The van der Waals surface area contributed by atoms with E-state index in [-0.39, 0.29) is 0 Å². The monoisotopic (exact) mass is 368 g/mol. The minimum absolute atomic E-state index is 0.697. The van der Waals surface area contributed by atoms with Gasteiger partial charge in [0.15, 0.2) is 0 Å². The molecule has 1 aliphatic carbocycles. The molecule has 0 saturated carbocycles. The van der Waals surface area contributed by atoms with Crippen LogP contribution < -0.4 is 0 Å². The number of nitrogens with zero attached hydrogens (tertiary/aromatic N) is 3. The van der Waals surface area contributed by atoms with Crippen LogP contribution in [0, 0.1) is 5.92 Å². The molecule has 1 aromatic heterocycles. The second-order valence-electron chi connectivity index (χ2n) is 8.10. The molecular weight excluding hydrogens is 336 g/mol. The van der Waals surface area contributed by atoms with Crippen LogP contribution in [0.5, 0.6) is 0 Å². The van der Waals surface area contributed by atoms with Gasteiger partial charge in [-0.1, -0.05) is 24.3 Å². The Bertz CT molecular complexity index is 677. The van der Waals surface area contributed by atoms with Gasteiger partial charge in [-0.2, -0.15) is 0 Å². The number of ether oxygens (including phenoxy) is 1. The summed E-state index contributed by atoms with van der Waals surface area (Å²) < 4.78 is 5.34. The molecule has 0 unspecified atom stereocenters. The lowest BCUT2D eigenvalue weighted by Gasteiger charge is -2.38. The third kappa shape index (κ3) is 4.78. The van der Waals surface area contributed by atoms with Crippen LogP contribution >= 0.6 is 0 Å². The van der Waals surface area contributed by atoms with Crippen molar-refractivity contribution in [1.29, 1.82) is 0 Å². The Labute approximate surface area is 162 Å². The number of rotatable bonds is 8. The second kappa shape index (κ2) is 9.00. The van der Waals surface area contributed by atoms with E-state index in [1.165, 1.54) is 38.8 Å². The minimum atomic E-state index is 0.697. The molecule has 1 atom stereocenters. The highest BCUT2D eigenvalue weighted by Gasteiger charge is 2.31. The zero-order valence-corrected chi connectivity index (χ0v) is 16.4. The molecule has 1 N–H and O–H groups in total. The van der Waals surface area contributed by atoms with Crippen molar-refractivity contribution in [3.05, 3.63) is 53.6 Å². The molecule has 0 bridgehead atoms. The lowest BCUT2D eigenvalue weighted by molar-refractivity contribution is 0.0834. The lowest BCUT2D eigenvalue weighted by Crippen LogP contribution is -2.46. The Hall–Kier alpha value is -1.69. The fourth-order valence-electron chi connectivity index (χ4n) is 4.79.